The summed E-state index contributed by atoms with van der Waals surface area (Å²) in [5, 5.41) is 19.2. The van der Waals surface area contributed by atoms with Crippen LogP contribution in [0.3, 0.4) is 0 Å². The quantitative estimate of drug-likeness (QED) is 0.271. The Morgan fingerprint density at radius 3 is 2.52 bits per heavy atom. The van der Waals surface area contributed by atoms with Gasteiger partial charge < -0.3 is 9.15 Å². The summed E-state index contributed by atoms with van der Waals surface area (Å²) < 4.78 is 38.5. The van der Waals surface area contributed by atoms with Crippen LogP contribution in [-0.2, 0) is 10.0 Å². The summed E-state index contributed by atoms with van der Waals surface area (Å²) in [5.74, 6) is 0.435. The maximum Gasteiger partial charge on any atom is 0.312 e. The van der Waals surface area contributed by atoms with Crippen molar-refractivity contribution in [1.82, 2.24) is 10.2 Å². The Labute approximate surface area is 189 Å². The minimum atomic E-state index is -4.04. The Morgan fingerprint density at radius 1 is 1.06 bits per heavy atom. The van der Waals surface area contributed by atoms with Crippen molar-refractivity contribution in [3.8, 4) is 23.0 Å². The number of para-hydroxylation sites is 1. The van der Waals surface area contributed by atoms with Crippen LogP contribution in [0, 0.1) is 10.1 Å². The minimum Gasteiger partial charge on any atom is -0.450 e. The molecule has 0 saturated heterocycles. The van der Waals surface area contributed by atoms with Gasteiger partial charge in [0.25, 0.3) is 10.0 Å². The number of rotatable bonds is 8. The molecule has 4 rings (SSSR count). The van der Waals surface area contributed by atoms with Crippen molar-refractivity contribution in [3.05, 3.63) is 89.3 Å². The van der Waals surface area contributed by atoms with E-state index < -0.39 is 20.6 Å². The smallest absolute Gasteiger partial charge is 0.312 e. The van der Waals surface area contributed by atoms with Crippen molar-refractivity contribution in [2.75, 3.05) is 10.8 Å². The van der Waals surface area contributed by atoms with Gasteiger partial charge in [0.05, 0.1) is 15.5 Å². The van der Waals surface area contributed by atoms with Crippen LogP contribution in [0.4, 0.5) is 11.4 Å². The zero-order chi connectivity index (χ0) is 23.4. The number of benzene rings is 3. The van der Waals surface area contributed by atoms with Gasteiger partial charge in [-0.05, 0) is 49.4 Å². The average Bonchev–Trinajstić information content (AvgIpc) is 3.35. The van der Waals surface area contributed by atoms with Gasteiger partial charge >= 0.3 is 5.69 Å². The molecule has 0 unspecified atom stereocenters. The third-order valence-corrected chi connectivity index (χ3v) is 6.61. The van der Waals surface area contributed by atoms with Gasteiger partial charge in [-0.1, -0.05) is 24.3 Å². The van der Waals surface area contributed by atoms with E-state index in [-0.39, 0.29) is 28.8 Å². The molecule has 1 aromatic heterocycles. The first kappa shape index (κ1) is 22.0. The van der Waals surface area contributed by atoms with E-state index in [2.05, 4.69) is 10.2 Å². The summed E-state index contributed by atoms with van der Waals surface area (Å²) in [6.45, 7) is 1.84. The lowest BCUT2D eigenvalue weighted by Gasteiger charge is -2.23. The molecule has 0 atom stereocenters. The van der Waals surface area contributed by atoms with E-state index in [0.717, 1.165) is 6.07 Å². The van der Waals surface area contributed by atoms with E-state index >= 15 is 0 Å². The molecule has 0 saturated carbocycles. The average molecular weight is 466 g/mol. The molecule has 10 nitrogen and oxygen atoms in total. The van der Waals surface area contributed by atoms with E-state index in [9.17, 15) is 18.5 Å². The largest absolute Gasteiger partial charge is 0.450 e. The Bertz CT molecular complexity index is 1380. The third-order valence-electron chi connectivity index (χ3n) is 4.72. The fraction of sp³-hybridized carbons (Fsp3) is 0.0909. The molecule has 0 N–H and O–H groups in total. The summed E-state index contributed by atoms with van der Waals surface area (Å²) in [6.07, 6.45) is 1.18. The van der Waals surface area contributed by atoms with Crippen LogP contribution < -0.4 is 9.04 Å². The van der Waals surface area contributed by atoms with Crippen LogP contribution in [0.15, 0.2) is 88.5 Å². The molecule has 3 aromatic carbocycles. The number of nitrogens with zero attached hydrogens (tertiary/aromatic N) is 4. The van der Waals surface area contributed by atoms with Crippen LogP contribution in [0.2, 0.25) is 0 Å². The monoisotopic (exact) mass is 466 g/mol. The zero-order valence-corrected chi connectivity index (χ0v) is 18.2. The number of hydrogen-bond donors (Lipinski definition) is 0. The van der Waals surface area contributed by atoms with E-state index in [0.29, 0.717) is 11.3 Å². The van der Waals surface area contributed by atoms with Crippen LogP contribution in [-0.4, -0.2) is 30.1 Å². The van der Waals surface area contributed by atoms with Crippen LogP contribution in [0.25, 0.3) is 11.5 Å². The Kier molecular flexibility index (Phi) is 6.05. The summed E-state index contributed by atoms with van der Waals surface area (Å²) in [4.78, 5) is 10.8. The minimum absolute atomic E-state index is 0.107. The molecule has 33 heavy (non-hydrogen) atoms. The summed E-state index contributed by atoms with van der Waals surface area (Å²) >= 11 is 0. The number of sulfonamides is 1. The number of aromatic nitrogens is 2. The van der Waals surface area contributed by atoms with Gasteiger partial charge in [-0.3, -0.25) is 14.4 Å². The molecule has 0 bridgehead atoms. The number of anilines is 1. The molecular weight excluding hydrogens is 448 g/mol. The summed E-state index contributed by atoms with van der Waals surface area (Å²) in [6, 6.07) is 18.6. The van der Waals surface area contributed by atoms with Crippen molar-refractivity contribution in [2.24, 2.45) is 0 Å². The van der Waals surface area contributed by atoms with Gasteiger partial charge in [0.15, 0.2) is 0 Å². The zero-order valence-electron chi connectivity index (χ0n) is 17.4. The van der Waals surface area contributed by atoms with Gasteiger partial charge in [-0.15, -0.1) is 10.2 Å². The van der Waals surface area contributed by atoms with E-state index in [1.807, 2.05) is 0 Å². The topological polar surface area (TPSA) is 129 Å². The van der Waals surface area contributed by atoms with Crippen molar-refractivity contribution in [1.29, 1.82) is 0 Å². The second kappa shape index (κ2) is 9.09. The molecular formula is C22H18N4O6S. The highest BCUT2D eigenvalue weighted by molar-refractivity contribution is 7.92. The molecule has 168 valence electrons. The lowest BCUT2D eigenvalue weighted by atomic mass is 10.2. The molecule has 0 aliphatic rings. The normalized spacial score (nSPS) is 11.2. The molecule has 1 heterocycles. The molecule has 0 aliphatic carbocycles. The second-order valence-corrected chi connectivity index (χ2v) is 8.63. The molecule has 0 fully saturated rings. The highest BCUT2D eigenvalue weighted by atomic mass is 32.2. The van der Waals surface area contributed by atoms with Crippen molar-refractivity contribution in [2.45, 2.75) is 11.8 Å². The molecule has 0 spiro atoms. The molecule has 4 aromatic rings. The number of hydrogen-bond acceptors (Lipinski definition) is 8. The third kappa shape index (κ3) is 4.53. The van der Waals surface area contributed by atoms with E-state index in [4.69, 9.17) is 9.15 Å². The maximum atomic E-state index is 13.2. The van der Waals surface area contributed by atoms with Crippen LogP contribution >= 0.6 is 0 Å². The first-order chi connectivity index (χ1) is 15.9. The molecule has 0 radical (unpaired) electrons. The predicted molar refractivity (Wildman–Crippen MR) is 120 cm³/mol. The summed E-state index contributed by atoms with van der Waals surface area (Å²) in [7, 11) is -4.04. The van der Waals surface area contributed by atoms with Crippen molar-refractivity contribution < 1.29 is 22.5 Å². The SMILES string of the molecule is CCN(c1ccccc1)S(=O)(=O)c1ccc(Oc2cccc(-c3nnco3)c2)c([N+](=O)[O-])c1. The first-order valence-corrected chi connectivity index (χ1v) is 11.2. The Hall–Kier alpha value is -4.25. The molecule has 0 aliphatic heterocycles. The highest BCUT2D eigenvalue weighted by Gasteiger charge is 2.27. The maximum absolute atomic E-state index is 13.2. The fourth-order valence-corrected chi connectivity index (χ4v) is 4.71. The van der Waals surface area contributed by atoms with Crippen LogP contribution in [0.1, 0.15) is 6.92 Å². The van der Waals surface area contributed by atoms with Crippen molar-refractivity contribution >= 4 is 21.4 Å². The Morgan fingerprint density at radius 2 is 1.85 bits per heavy atom. The number of nitro groups is 1. The number of nitro benzene ring substituents is 1. The van der Waals surface area contributed by atoms with E-state index in [1.165, 1.54) is 22.8 Å². The van der Waals surface area contributed by atoms with Gasteiger partial charge in [-0.25, -0.2) is 8.42 Å². The fourth-order valence-electron chi connectivity index (χ4n) is 3.22. The van der Waals surface area contributed by atoms with Crippen molar-refractivity contribution in [3.63, 3.8) is 0 Å². The predicted octanol–water partition coefficient (Wildman–Crippen LogP) is 4.65. The van der Waals surface area contributed by atoms with Gasteiger partial charge in [-0.2, -0.15) is 0 Å². The standard InChI is InChI=1S/C22H18N4O6S/c1-2-25(17-8-4-3-5-9-17)33(29,30)19-11-12-21(20(14-19)26(27)28)32-18-10-6-7-16(13-18)22-24-23-15-31-22/h3-15H,2H2,1H3. The first-order valence-electron chi connectivity index (χ1n) is 9.81. The van der Waals surface area contributed by atoms with Gasteiger partial charge in [0.2, 0.25) is 18.0 Å². The Balaban J connectivity index is 1.69. The lowest BCUT2D eigenvalue weighted by molar-refractivity contribution is -0.385. The second-order valence-electron chi connectivity index (χ2n) is 6.77. The summed E-state index contributed by atoms with van der Waals surface area (Å²) in [5.41, 5.74) is 0.539. The van der Waals surface area contributed by atoms with Gasteiger partial charge in [0, 0.05) is 18.2 Å². The molecule has 0 amide bonds. The number of ether oxygens (including phenoxy) is 1. The van der Waals surface area contributed by atoms with Crippen LogP contribution in [0.5, 0.6) is 11.5 Å². The highest BCUT2D eigenvalue weighted by Crippen LogP contribution is 2.36. The van der Waals surface area contributed by atoms with E-state index in [1.54, 1.807) is 61.5 Å². The molecule has 11 heteroatoms. The van der Waals surface area contributed by atoms with Gasteiger partial charge in [0.1, 0.15) is 5.75 Å². The lowest BCUT2D eigenvalue weighted by Crippen LogP contribution is -2.30.